The number of rotatable bonds is 2. The Morgan fingerprint density at radius 2 is 2.25 bits per heavy atom. The fourth-order valence-corrected chi connectivity index (χ4v) is 4.54. The summed E-state index contributed by atoms with van der Waals surface area (Å²) in [4.78, 5) is 10.2. The van der Waals surface area contributed by atoms with Gasteiger partial charge in [0, 0.05) is 6.42 Å². The third-order valence-corrected chi connectivity index (χ3v) is 5.00. The third-order valence-electron chi connectivity index (χ3n) is 3.16. The van der Waals surface area contributed by atoms with Crippen molar-refractivity contribution in [1.82, 2.24) is 0 Å². The summed E-state index contributed by atoms with van der Waals surface area (Å²) in [6.45, 7) is 0. The fourth-order valence-electron chi connectivity index (χ4n) is 2.31. The SMILES string of the molecule is O=CCC1CC12CCS(=O)(=O)C2. The van der Waals surface area contributed by atoms with Crippen molar-refractivity contribution in [2.75, 3.05) is 11.5 Å². The molecule has 12 heavy (non-hydrogen) atoms. The number of hydrogen-bond acceptors (Lipinski definition) is 3. The summed E-state index contributed by atoms with van der Waals surface area (Å²) in [7, 11) is -2.76. The van der Waals surface area contributed by atoms with Crippen LogP contribution in [0.1, 0.15) is 19.3 Å². The second-order valence-corrected chi connectivity index (χ2v) is 6.19. The molecule has 3 nitrogen and oxygen atoms in total. The maximum Gasteiger partial charge on any atom is 0.150 e. The van der Waals surface area contributed by atoms with Gasteiger partial charge in [-0.05, 0) is 24.2 Å². The Morgan fingerprint density at radius 3 is 2.75 bits per heavy atom. The van der Waals surface area contributed by atoms with Crippen LogP contribution in [0.4, 0.5) is 0 Å². The monoisotopic (exact) mass is 188 g/mol. The molecule has 0 aromatic carbocycles. The minimum atomic E-state index is -2.76. The van der Waals surface area contributed by atoms with E-state index < -0.39 is 9.84 Å². The molecule has 0 N–H and O–H groups in total. The number of carbonyl (C=O) groups is 1. The summed E-state index contributed by atoms with van der Waals surface area (Å²) in [5.74, 6) is 1.04. The molecule has 0 radical (unpaired) electrons. The summed E-state index contributed by atoms with van der Waals surface area (Å²) in [5, 5.41) is 0. The summed E-state index contributed by atoms with van der Waals surface area (Å²) < 4.78 is 22.3. The van der Waals surface area contributed by atoms with Gasteiger partial charge in [0.25, 0.3) is 0 Å². The van der Waals surface area contributed by atoms with Crippen molar-refractivity contribution in [3.63, 3.8) is 0 Å². The van der Waals surface area contributed by atoms with Crippen molar-refractivity contribution < 1.29 is 13.2 Å². The highest BCUT2D eigenvalue weighted by molar-refractivity contribution is 7.91. The van der Waals surface area contributed by atoms with E-state index in [0.717, 1.165) is 19.1 Å². The molecule has 1 saturated heterocycles. The first-order chi connectivity index (χ1) is 5.58. The van der Waals surface area contributed by atoms with Gasteiger partial charge >= 0.3 is 0 Å². The molecule has 0 aromatic rings. The lowest BCUT2D eigenvalue weighted by molar-refractivity contribution is -0.108. The first-order valence-electron chi connectivity index (χ1n) is 4.22. The highest BCUT2D eigenvalue weighted by Crippen LogP contribution is 2.60. The Balaban J connectivity index is 2.06. The van der Waals surface area contributed by atoms with E-state index in [2.05, 4.69) is 0 Å². The van der Waals surface area contributed by atoms with Crippen molar-refractivity contribution in [2.24, 2.45) is 11.3 Å². The lowest BCUT2D eigenvalue weighted by Gasteiger charge is -2.02. The fraction of sp³-hybridized carbons (Fsp3) is 0.875. The second kappa shape index (κ2) is 2.31. The van der Waals surface area contributed by atoms with Gasteiger partial charge in [-0.2, -0.15) is 0 Å². The Morgan fingerprint density at radius 1 is 1.50 bits per heavy atom. The van der Waals surface area contributed by atoms with E-state index in [1.54, 1.807) is 0 Å². The van der Waals surface area contributed by atoms with E-state index >= 15 is 0 Å². The van der Waals surface area contributed by atoms with Crippen molar-refractivity contribution >= 4 is 16.1 Å². The van der Waals surface area contributed by atoms with Crippen LogP contribution >= 0.6 is 0 Å². The summed E-state index contributed by atoms with van der Waals surface area (Å²) in [5.41, 5.74) is 0.0275. The average molecular weight is 188 g/mol. The van der Waals surface area contributed by atoms with Crippen molar-refractivity contribution in [2.45, 2.75) is 19.3 Å². The molecule has 2 unspecified atom stereocenters. The third kappa shape index (κ3) is 1.18. The highest BCUT2D eigenvalue weighted by atomic mass is 32.2. The summed E-state index contributed by atoms with van der Waals surface area (Å²) in [6, 6.07) is 0. The second-order valence-electron chi connectivity index (χ2n) is 4.01. The molecule has 2 atom stereocenters. The number of carbonyl (C=O) groups excluding carboxylic acids is 1. The van der Waals surface area contributed by atoms with E-state index in [9.17, 15) is 13.2 Å². The largest absolute Gasteiger partial charge is 0.303 e. The lowest BCUT2D eigenvalue weighted by atomic mass is 10.0. The zero-order chi connectivity index (χ0) is 8.82. The maximum atomic E-state index is 11.1. The zero-order valence-corrected chi connectivity index (χ0v) is 7.64. The van der Waals surface area contributed by atoms with E-state index in [1.807, 2.05) is 0 Å². The van der Waals surface area contributed by atoms with Gasteiger partial charge in [-0.1, -0.05) is 0 Å². The Labute approximate surface area is 72.1 Å². The molecule has 68 valence electrons. The molecule has 2 rings (SSSR count). The zero-order valence-electron chi connectivity index (χ0n) is 6.82. The quantitative estimate of drug-likeness (QED) is 0.589. The summed E-state index contributed by atoms with van der Waals surface area (Å²) in [6.07, 6.45) is 3.19. The van der Waals surface area contributed by atoms with Crippen LogP contribution in [0.5, 0.6) is 0 Å². The molecule has 2 fully saturated rings. The minimum Gasteiger partial charge on any atom is -0.303 e. The molecule has 1 saturated carbocycles. The van der Waals surface area contributed by atoms with Gasteiger partial charge in [-0.15, -0.1) is 0 Å². The van der Waals surface area contributed by atoms with Crippen LogP contribution in [0.25, 0.3) is 0 Å². The van der Waals surface area contributed by atoms with Crippen molar-refractivity contribution in [3.8, 4) is 0 Å². The van der Waals surface area contributed by atoms with Crippen LogP contribution in [-0.2, 0) is 14.6 Å². The molecule has 1 aliphatic heterocycles. The van der Waals surface area contributed by atoms with Crippen LogP contribution in [0, 0.1) is 11.3 Å². The van der Waals surface area contributed by atoms with Gasteiger partial charge in [-0.3, -0.25) is 0 Å². The van der Waals surface area contributed by atoms with Crippen LogP contribution in [0.2, 0.25) is 0 Å². The number of sulfone groups is 1. The highest BCUT2D eigenvalue weighted by Gasteiger charge is 2.58. The van der Waals surface area contributed by atoms with Crippen LogP contribution < -0.4 is 0 Å². The molecule has 0 amide bonds. The number of aldehydes is 1. The standard InChI is InChI=1S/C8H12O3S/c9-3-1-7-5-8(7)2-4-12(10,11)6-8/h3,7H,1-2,4-6H2. The molecule has 0 aromatic heterocycles. The van der Waals surface area contributed by atoms with Crippen LogP contribution in [0.3, 0.4) is 0 Å². The first kappa shape index (κ1) is 8.23. The molecule has 1 aliphatic carbocycles. The van der Waals surface area contributed by atoms with E-state index in [4.69, 9.17) is 0 Å². The predicted molar refractivity (Wildman–Crippen MR) is 44.5 cm³/mol. The first-order valence-corrected chi connectivity index (χ1v) is 6.04. The van der Waals surface area contributed by atoms with Gasteiger partial charge < -0.3 is 4.79 Å². The van der Waals surface area contributed by atoms with Gasteiger partial charge in [0.2, 0.25) is 0 Å². The molecular weight excluding hydrogens is 176 g/mol. The van der Waals surface area contributed by atoms with E-state index in [-0.39, 0.29) is 5.41 Å². The van der Waals surface area contributed by atoms with Gasteiger partial charge in [0.1, 0.15) is 6.29 Å². The molecule has 4 heteroatoms. The Hall–Kier alpha value is -0.380. The number of hydrogen-bond donors (Lipinski definition) is 0. The molecule has 1 spiro atoms. The van der Waals surface area contributed by atoms with E-state index in [1.165, 1.54) is 0 Å². The topological polar surface area (TPSA) is 51.2 Å². The molecular formula is C8H12O3S. The maximum absolute atomic E-state index is 11.1. The molecule has 1 heterocycles. The van der Waals surface area contributed by atoms with E-state index in [0.29, 0.717) is 23.8 Å². The van der Waals surface area contributed by atoms with Crippen molar-refractivity contribution in [1.29, 1.82) is 0 Å². The molecule has 2 aliphatic rings. The van der Waals surface area contributed by atoms with Crippen LogP contribution in [-0.4, -0.2) is 26.2 Å². The normalized spacial score (nSPS) is 43.2. The van der Waals surface area contributed by atoms with Crippen LogP contribution in [0.15, 0.2) is 0 Å². The van der Waals surface area contributed by atoms with Gasteiger partial charge in [0.05, 0.1) is 11.5 Å². The summed E-state index contributed by atoms with van der Waals surface area (Å²) >= 11 is 0. The predicted octanol–water partition coefficient (Wildman–Crippen LogP) is 0.400. The average Bonchev–Trinajstić information content (AvgIpc) is 2.50. The smallest absolute Gasteiger partial charge is 0.150 e. The van der Waals surface area contributed by atoms with Gasteiger partial charge in [0.15, 0.2) is 9.84 Å². The van der Waals surface area contributed by atoms with Gasteiger partial charge in [-0.25, -0.2) is 8.42 Å². The Bertz CT molecular complexity index is 306. The molecule has 0 bridgehead atoms. The lowest BCUT2D eigenvalue weighted by Crippen LogP contribution is -2.07. The van der Waals surface area contributed by atoms with Crippen molar-refractivity contribution in [3.05, 3.63) is 0 Å². The Kier molecular flexibility index (Phi) is 1.59. The minimum absolute atomic E-state index is 0.0275.